The molecular formula is C20H26N4O4. The topological polar surface area (TPSA) is 90.0 Å². The number of aromatic nitrogens is 1. The molecular weight excluding hydrogens is 360 g/mol. The van der Waals surface area contributed by atoms with Gasteiger partial charge in [-0.1, -0.05) is 6.07 Å². The van der Waals surface area contributed by atoms with Crippen LogP contribution in [0.25, 0.3) is 10.9 Å². The summed E-state index contributed by atoms with van der Waals surface area (Å²) >= 11 is 0. The van der Waals surface area contributed by atoms with Crippen LogP contribution in [0.1, 0.15) is 12.8 Å². The van der Waals surface area contributed by atoms with Crippen LogP contribution in [0.4, 0.5) is 4.79 Å². The second-order valence-electron chi connectivity index (χ2n) is 7.29. The van der Waals surface area contributed by atoms with Crippen molar-refractivity contribution >= 4 is 22.8 Å². The van der Waals surface area contributed by atoms with Gasteiger partial charge in [-0.05, 0) is 18.2 Å². The molecule has 2 aliphatic heterocycles. The number of hydrogen-bond acceptors (Lipinski definition) is 4. The molecule has 2 aliphatic rings. The van der Waals surface area contributed by atoms with E-state index in [4.69, 9.17) is 15.2 Å². The number of nitrogens with zero attached hydrogens (tertiary/aromatic N) is 3. The van der Waals surface area contributed by atoms with Crippen LogP contribution in [0.5, 0.6) is 5.75 Å². The maximum Gasteiger partial charge on any atom is 0.320 e. The van der Waals surface area contributed by atoms with E-state index in [1.807, 2.05) is 44.8 Å². The lowest BCUT2D eigenvalue weighted by Gasteiger charge is -2.37. The van der Waals surface area contributed by atoms with Crippen molar-refractivity contribution in [2.75, 3.05) is 39.4 Å². The first-order chi connectivity index (χ1) is 13.6. The monoisotopic (exact) mass is 386 g/mol. The number of amides is 3. The van der Waals surface area contributed by atoms with Crippen molar-refractivity contribution in [2.24, 2.45) is 5.73 Å². The molecule has 8 nitrogen and oxygen atoms in total. The van der Waals surface area contributed by atoms with Crippen molar-refractivity contribution in [1.82, 2.24) is 14.4 Å². The van der Waals surface area contributed by atoms with Gasteiger partial charge in [0.15, 0.2) is 0 Å². The first kappa shape index (κ1) is 18.6. The van der Waals surface area contributed by atoms with E-state index in [1.165, 1.54) is 0 Å². The smallest absolute Gasteiger partial charge is 0.320 e. The molecule has 4 rings (SSSR count). The third kappa shape index (κ3) is 3.91. The third-order valence-corrected chi connectivity index (χ3v) is 5.39. The Bertz CT molecular complexity index is 851. The normalized spacial score (nSPS) is 18.4. The van der Waals surface area contributed by atoms with Gasteiger partial charge in [0.05, 0.1) is 18.7 Å². The summed E-state index contributed by atoms with van der Waals surface area (Å²) in [5, 5.41) is 0.968. The lowest BCUT2D eigenvalue weighted by atomic mass is 10.1. The molecule has 0 spiro atoms. The zero-order valence-electron chi connectivity index (χ0n) is 15.9. The third-order valence-electron chi connectivity index (χ3n) is 5.39. The van der Waals surface area contributed by atoms with Crippen LogP contribution < -0.4 is 10.5 Å². The van der Waals surface area contributed by atoms with Crippen molar-refractivity contribution in [3.8, 4) is 5.75 Å². The van der Waals surface area contributed by atoms with Gasteiger partial charge in [0, 0.05) is 50.6 Å². The highest BCUT2D eigenvalue weighted by molar-refractivity contribution is 5.88. The van der Waals surface area contributed by atoms with Crippen LogP contribution in [-0.4, -0.2) is 71.8 Å². The number of carbonyl (C=O) groups excluding carboxylic acids is 2. The van der Waals surface area contributed by atoms with Gasteiger partial charge in [-0.15, -0.1) is 0 Å². The second kappa shape index (κ2) is 8.10. The largest absolute Gasteiger partial charge is 0.490 e. The predicted molar refractivity (Wildman–Crippen MR) is 104 cm³/mol. The molecule has 3 heterocycles. The standard InChI is InChI=1S/C20H26N4O4/c21-19(25)14-24-9-6-16-17(24)2-1-3-18(16)28-15-4-7-22(8-5-15)20(26)23-10-12-27-13-11-23/h1-3,6,9,15H,4-5,7-8,10-14H2,(H2,21,25). The van der Waals surface area contributed by atoms with E-state index >= 15 is 0 Å². The fourth-order valence-electron chi connectivity index (χ4n) is 3.90. The number of primary amides is 1. The number of urea groups is 1. The number of nitrogens with two attached hydrogens (primary N) is 1. The minimum atomic E-state index is -0.374. The zero-order valence-corrected chi connectivity index (χ0v) is 15.9. The first-order valence-corrected chi connectivity index (χ1v) is 9.76. The lowest BCUT2D eigenvalue weighted by Crippen LogP contribution is -2.51. The molecule has 0 saturated carbocycles. The molecule has 0 aliphatic carbocycles. The molecule has 0 bridgehead atoms. The van der Waals surface area contributed by atoms with Crippen LogP contribution in [0.2, 0.25) is 0 Å². The second-order valence-corrected chi connectivity index (χ2v) is 7.29. The molecule has 150 valence electrons. The Morgan fingerprint density at radius 1 is 1.07 bits per heavy atom. The van der Waals surface area contributed by atoms with Crippen molar-refractivity contribution in [3.63, 3.8) is 0 Å². The van der Waals surface area contributed by atoms with Gasteiger partial charge >= 0.3 is 6.03 Å². The molecule has 2 saturated heterocycles. The van der Waals surface area contributed by atoms with Crippen molar-refractivity contribution in [3.05, 3.63) is 30.5 Å². The maximum absolute atomic E-state index is 12.6. The first-order valence-electron chi connectivity index (χ1n) is 9.76. The Hall–Kier alpha value is -2.74. The number of hydrogen-bond donors (Lipinski definition) is 1. The number of benzene rings is 1. The molecule has 3 amide bonds. The van der Waals surface area contributed by atoms with E-state index in [0.717, 1.165) is 29.5 Å². The SMILES string of the molecule is NC(=O)Cn1ccc2c(OC3CCN(C(=O)N4CCOCC4)CC3)cccc21. The number of likely N-dealkylation sites (tertiary alicyclic amines) is 1. The minimum absolute atomic E-state index is 0.0684. The van der Waals surface area contributed by atoms with Crippen molar-refractivity contribution < 1.29 is 19.1 Å². The van der Waals surface area contributed by atoms with E-state index < -0.39 is 0 Å². The van der Waals surface area contributed by atoms with Gasteiger partial charge in [-0.2, -0.15) is 0 Å². The van der Waals surface area contributed by atoms with Gasteiger partial charge in [-0.25, -0.2) is 4.79 Å². The summed E-state index contributed by atoms with van der Waals surface area (Å²) in [6, 6.07) is 7.88. The van der Waals surface area contributed by atoms with E-state index in [2.05, 4.69) is 0 Å². The lowest BCUT2D eigenvalue weighted by molar-refractivity contribution is -0.118. The quantitative estimate of drug-likeness (QED) is 0.861. The summed E-state index contributed by atoms with van der Waals surface area (Å²) in [5.74, 6) is 0.430. The number of piperidine rings is 1. The van der Waals surface area contributed by atoms with Crippen LogP contribution >= 0.6 is 0 Å². The van der Waals surface area contributed by atoms with Crippen LogP contribution in [0, 0.1) is 0 Å². The molecule has 0 radical (unpaired) electrons. The number of fused-ring (bicyclic) bond motifs is 1. The average molecular weight is 386 g/mol. The highest BCUT2D eigenvalue weighted by Gasteiger charge is 2.28. The molecule has 8 heteroatoms. The minimum Gasteiger partial charge on any atom is -0.490 e. The number of morpholine rings is 1. The number of ether oxygens (including phenoxy) is 2. The summed E-state index contributed by atoms with van der Waals surface area (Å²) in [6.45, 7) is 4.10. The van der Waals surface area contributed by atoms with Crippen molar-refractivity contribution in [1.29, 1.82) is 0 Å². The molecule has 2 aromatic rings. The Morgan fingerprint density at radius 2 is 1.79 bits per heavy atom. The maximum atomic E-state index is 12.6. The Morgan fingerprint density at radius 3 is 2.50 bits per heavy atom. The molecule has 0 atom stereocenters. The molecule has 2 N–H and O–H groups in total. The van der Waals surface area contributed by atoms with Crippen LogP contribution in [-0.2, 0) is 16.1 Å². The highest BCUT2D eigenvalue weighted by atomic mass is 16.5. The average Bonchev–Trinajstić information content (AvgIpc) is 3.12. The Balaban J connectivity index is 1.38. The van der Waals surface area contributed by atoms with Crippen LogP contribution in [0.15, 0.2) is 30.5 Å². The number of carbonyl (C=O) groups is 2. The summed E-state index contributed by atoms with van der Waals surface area (Å²) in [4.78, 5) is 27.6. The van der Waals surface area contributed by atoms with Gasteiger partial charge in [0.1, 0.15) is 18.4 Å². The van der Waals surface area contributed by atoms with E-state index in [0.29, 0.717) is 39.4 Å². The number of rotatable bonds is 4. The van der Waals surface area contributed by atoms with E-state index in [-0.39, 0.29) is 24.6 Å². The van der Waals surface area contributed by atoms with Gasteiger partial charge < -0.3 is 29.6 Å². The molecule has 0 unspecified atom stereocenters. The summed E-state index contributed by atoms with van der Waals surface area (Å²) in [7, 11) is 0. The summed E-state index contributed by atoms with van der Waals surface area (Å²) < 4.78 is 13.4. The predicted octanol–water partition coefficient (Wildman–Crippen LogP) is 1.42. The van der Waals surface area contributed by atoms with Crippen molar-refractivity contribution in [2.45, 2.75) is 25.5 Å². The summed E-state index contributed by atoms with van der Waals surface area (Å²) in [6.07, 6.45) is 3.52. The molecule has 2 fully saturated rings. The fraction of sp³-hybridized carbons (Fsp3) is 0.500. The van der Waals surface area contributed by atoms with Gasteiger partial charge in [-0.3, -0.25) is 4.79 Å². The highest BCUT2D eigenvalue weighted by Crippen LogP contribution is 2.29. The fourth-order valence-corrected chi connectivity index (χ4v) is 3.90. The Labute approximate surface area is 163 Å². The van der Waals surface area contributed by atoms with E-state index in [9.17, 15) is 9.59 Å². The molecule has 1 aromatic heterocycles. The zero-order chi connectivity index (χ0) is 19.5. The molecule has 1 aromatic carbocycles. The summed E-state index contributed by atoms with van der Waals surface area (Å²) in [5.41, 5.74) is 6.25. The van der Waals surface area contributed by atoms with Crippen LogP contribution in [0.3, 0.4) is 0 Å². The molecule has 28 heavy (non-hydrogen) atoms. The Kier molecular flexibility index (Phi) is 5.38. The van der Waals surface area contributed by atoms with E-state index in [1.54, 1.807) is 0 Å². The van der Waals surface area contributed by atoms with Gasteiger partial charge in [0.2, 0.25) is 5.91 Å². The van der Waals surface area contributed by atoms with Gasteiger partial charge in [0.25, 0.3) is 0 Å².